The quantitative estimate of drug-likeness (QED) is 0.786. The molecule has 0 aromatic heterocycles. The van der Waals surface area contributed by atoms with E-state index in [0.717, 1.165) is 60.8 Å². The van der Waals surface area contributed by atoms with Crippen molar-refractivity contribution in [2.75, 3.05) is 32.2 Å². The van der Waals surface area contributed by atoms with Gasteiger partial charge < -0.3 is 14.6 Å². The van der Waals surface area contributed by atoms with Gasteiger partial charge in [-0.1, -0.05) is 23.7 Å². The number of β-amino-alcohol motifs (C(OH)–C–C–N with tert-alkyl or cyclic N) is 1. The summed E-state index contributed by atoms with van der Waals surface area (Å²) in [6, 6.07) is 13.3. The maximum Gasteiger partial charge on any atom is 0.271 e. The van der Waals surface area contributed by atoms with Crippen LogP contribution in [0.3, 0.4) is 0 Å². The number of hydrogen-bond donors (Lipinski definition) is 1. The van der Waals surface area contributed by atoms with Crippen LogP contribution < -0.4 is 14.4 Å². The molecule has 0 fully saturated rings. The van der Waals surface area contributed by atoms with Gasteiger partial charge in [0.2, 0.25) is 0 Å². The van der Waals surface area contributed by atoms with Crippen LogP contribution in [-0.2, 0) is 5.72 Å². The first kappa shape index (κ1) is 19.1. The third kappa shape index (κ3) is 3.23. The Morgan fingerprint density at radius 1 is 1.04 bits per heavy atom. The standard InChI is InChI=1S/C22H26ClN2O3/c1-27-18-11-12-20(28-2)19(14-18)24-15-22(26,16-7-9-17(23)10-8-16)25-13-5-3-4-6-21(24)25/h7-12,14,26H,3-6,13,15H2,1-2H3/q+1/t22-/m1/s1. The Morgan fingerprint density at radius 3 is 2.54 bits per heavy atom. The fourth-order valence-electron chi connectivity index (χ4n) is 4.27. The molecule has 2 aliphatic rings. The Balaban J connectivity index is 1.84. The lowest BCUT2D eigenvalue weighted by atomic mass is 10.0. The van der Waals surface area contributed by atoms with Crippen LogP contribution in [0, 0.1) is 0 Å². The summed E-state index contributed by atoms with van der Waals surface area (Å²) in [5.41, 5.74) is 0.646. The van der Waals surface area contributed by atoms with Gasteiger partial charge in [-0.05, 0) is 43.5 Å². The van der Waals surface area contributed by atoms with E-state index >= 15 is 0 Å². The molecule has 1 N–H and O–H groups in total. The van der Waals surface area contributed by atoms with E-state index in [1.807, 2.05) is 42.5 Å². The van der Waals surface area contributed by atoms with Crippen molar-refractivity contribution in [3.63, 3.8) is 0 Å². The Labute approximate surface area is 170 Å². The molecule has 2 aromatic carbocycles. The first-order valence-corrected chi connectivity index (χ1v) is 10.1. The Morgan fingerprint density at radius 2 is 1.82 bits per heavy atom. The highest BCUT2D eigenvalue weighted by Crippen LogP contribution is 2.40. The molecular weight excluding hydrogens is 376 g/mol. The second-order valence-electron chi connectivity index (χ2n) is 7.33. The first-order valence-electron chi connectivity index (χ1n) is 9.68. The van der Waals surface area contributed by atoms with Gasteiger partial charge >= 0.3 is 0 Å². The molecule has 0 bridgehead atoms. The van der Waals surface area contributed by atoms with Gasteiger partial charge in [-0.25, -0.2) is 9.48 Å². The number of halogens is 1. The lowest BCUT2D eigenvalue weighted by Crippen LogP contribution is -2.41. The number of hydrogen-bond acceptors (Lipinski definition) is 4. The van der Waals surface area contributed by atoms with Crippen LogP contribution in [-0.4, -0.2) is 42.8 Å². The number of amidine groups is 1. The molecule has 6 heteroatoms. The molecule has 1 atom stereocenters. The van der Waals surface area contributed by atoms with E-state index in [1.165, 1.54) is 0 Å². The molecule has 4 rings (SSSR count). The van der Waals surface area contributed by atoms with Gasteiger partial charge in [0.25, 0.3) is 11.6 Å². The van der Waals surface area contributed by atoms with E-state index in [-0.39, 0.29) is 0 Å². The Bertz CT molecular complexity index is 897. The topological polar surface area (TPSA) is 44.9 Å². The maximum atomic E-state index is 11.8. The van der Waals surface area contributed by atoms with Crippen molar-refractivity contribution >= 4 is 23.1 Å². The van der Waals surface area contributed by atoms with E-state index in [2.05, 4.69) is 9.48 Å². The molecule has 0 saturated heterocycles. The van der Waals surface area contributed by atoms with Crippen molar-refractivity contribution in [3.8, 4) is 11.5 Å². The van der Waals surface area contributed by atoms with Gasteiger partial charge in [0.1, 0.15) is 5.75 Å². The first-order chi connectivity index (χ1) is 13.6. The third-order valence-corrected chi connectivity index (χ3v) is 5.97. The van der Waals surface area contributed by atoms with Crippen LogP contribution in [0.2, 0.25) is 5.02 Å². The molecule has 2 heterocycles. The van der Waals surface area contributed by atoms with E-state index in [1.54, 1.807) is 14.2 Å². The molecule has 148 valence electrons. The zero-order chi connectivity index (χ0) is 19.7. The molecule has 0 spiro atoms. The maximum absolute atomic E-state index is 11.8. The molecular formula is C22H26ClN2O3+. The molecule has 0 aliphatic carbocycles. The Hall–Kier alpha value is -2.24. The summed E-state index contributed by atoms with van der Waals surface area (Å²) in [6.45, 7) is 1.24. The summed E-state index contributed by atoms with van der Waals surface area (Å²) in [5, 5.41) is 12.5. The summed E-state index contributed by atoms with van der Waals surface area (Å²) < 4.78 is 13.2. The average molecular weight is 402 g/mol. The fraction of sp³-hybridized carbons (Fsp3) is 0.409. The van der Waals surface area contributed by atoms with E-state index in [9.17, 15) is 5.11 Å². The molecule has 28 heavy (non-hydrogen) atoms. The highest BCUT2D eigenvalue weighted by molar-refractivity contribution is 6.30. The highest BCUT2D eigenvalue weighted by atomic mass is 35.5. The molecule has 0 amide bonds. The van der Waals surface area contributed by atoms with Gasteiger partial charge in [-0.15, -0.1) is 0 Å². The van der Waals surface area contributed by atoms with Crippen molar-refractivity contribution in [2.45, 2.75) is 31.4 Å². The van der Waals surface area contributed by atoms with Gasteiger partial charge in [-0.3, -0.25) is 0 Å². The minimum absolute atomic E-state index is 0.424. The van der Waals surface area contributed by atoms with Crippen LogP contribution in [0.5, 0.6) is 11.5 Å². The monoisotopic (exact) mass is 401 g/mol. The second kappa shape index (κ2) is 7.64. The van der Waals surface area contributed by atoms with E-state index in [4.69, 9.17) is 21.1 Å². The van der Waals surface area contributed by atoms with Crippen molar-refractivity contribution in [1.82, 2.24) is 0 Å². The lowest BCUT2D eigenvalue weighted by molar-refractivity contribution is -0.658. The number of benzene rings is 2. The number of rotatable bonds is 4. The molecule has 0 saturated carbocycles. The van der Waals surface area contributed by atoms with Crippen molar-refractivity contribution in [2.24, 2.45) is 0 Å². The highest BCUT2D eigenvalue weighted by Gasteiger charge is 2.52. The number of methoxy groups -OCH3 is 2. The van der Waals surface area contributed by atoms with Crippen molar-refractivity contribution < 1.29 is 19.2 Å². The summed E-state index contributed by atoms with van der Waals surface area (Å²) in [6.07, 6.45) is 4.23. The third-order valence-electron chi connectivity index (χ3n) is 5.71. The minimum atomic E-state index is -1.11. The predicted molar refractivity (Wildman–Crippen MR) is 111 cm³/mol. The molecule has 5 nitrogen and oxygen atoms in total. The summed E-state index contributed by atoms with van der Waals surface area (Å²) >= 11 is 6.08. The minimum Gasteiger partial charge on any atom is -0.497 e. The lowest BCUT2D eigenvalue weighted by Gasteiger charge is -2.24. The summed E-state index contributed by atoms with van der Waals surface area (Å²) in [5.74, 6) is 2.65. The summed E-state index contributed by atoms with van der Waals surface area (Å²) in [4.78, 5) is 2.18. The number of ether oxygens (including phenoxy) is 2. The molecule has 2 aromatic rings. The fourth-order valence-corrected chi connectivity index (χ4v) is 4.39. The Kier molecular flexibility index (Phi) is 5.21. The van der Waals surface area contributed by atoms with Crippen molar-refractivity contribution in [1.29, 1.82) is 0 Å². The van der Waals surface area contributed by atoms with Gasteiger partial charge in [-0.2, -0.15) is 0 Å². The zero-order valence-electron chi connectivity index (χ0n) is 16.3. The normalized spacial score (nSPS) is 22.1. The van der Waals surface area contributed by atoms with Crippen LogP contribution in [0.1, 0.15) is 31.2 Å². The van der Waals surface area contributed by atoms with E-state index in [0.29, 0.717) is 11.6 Å². The second-order valence-corrected chi connectivity index (χ2v) is 7.76. The smallest absolute Gasteiger partial charge is 0.271 e. The number of aliphatic hydroxyl groups is 1. The molecule has 2 aliphatic heterocycles. The van der Waals surface area contributed by atoms with Crippen molar-refractivity contribution in [3.05, 3.63) is 53.1 Å². The largest absolute Gasteiger partial charge is 0.497 e. The number of nitrogens with zero attached hydrogens (tertiary/aromatic N) is 2. The molecule has 0 radical (unpaired) electrons. The van der Waals surface area contributed by atoms with Crippen LogP contribution in [0.25, 0.3) is 0 Å². The molecule has 0 unspecified atom stereocenters. The van der Waals surface area contributed by atoms with Gasteiger partial charge in [0.05, 0.1) is 20.8 Å². The van der Waals surface area contributed by atoms with Crippen LogP contribution >= 0.6 is 11.6 Å². The summed E-state index contributed by atoms with van der Waals surface area (Å²) in [7, 11) is 3.33. The average Bonchev–Trinajstić information content (AvgIpc) is 2.87. The predicted octanol–water partition coefficient (Wildman–Crippen LogP) is 4.01. The zero-order valence-corrected chi connectivity index (χ0v) is 17.1. The number of anilines is 1. The van der Waals surface area contributed by atoms with Crippen LogP contribution in [0.4, 0.5) is 5.69 Å². The van der Waals surface area contributed by atoms with E-state index < -0.39 is 5.72 Å². The van der Waals surface area contributed by atoms with Crippen LogP contribution in [0.15, 0.2) is 42.5 Å². The SMILES string of the molecule is COc1ccc(OC)c(N2C[C@@](O)(c3ccc(Cl)cc3)[N+]3=C2CCCCC3)c1. The van der Waals surface area contributed by atoms with Gasteiger partial charge in [0, 0.05) is 23.1 Å². The van der Waals surface area contributed by atoms with Gasteiger partial charge in [0.15, 0.2) is 18.0 Å².